The van der Waals surface area contributed by atoms with E-state index in [9.17, 15) is 19.2 Å². The van der Waals surface area contributed by atoms with Gasteiger partial charge in [0, 0.05) is 32.3 Å². The zero-order chi connectivity index (χ0) is 31.6. The highest BCUT2D eigenvalue weighted by atomic mass is 16.6. The van der Waals surface area contributed by atoms with Crippen molar-refractivity contribution in [2.45, 2.75) is 123 Å². The predicted molar refractivity (Wildman–Crippen MR) is 158 cm³/mol. The lowest BCUT2D eigenvalue weighted by Crippen LogP contribution is -2.74. The molecule has 0 radical (unpaired) electrons. The average molecular weight is 599 g/mol. The summed E-state index contributed by atoms with van der Waals surface area (Å²) in [6, 6.07) is 9.32. The van der Waals surface area contributed by atoms with E-state index in [-0.39, 0.29) is 24.2 Å². The van der Waals surface area contributed by atoms with E-state index in [1.165, 1.54) is 19.9 Å². The molecule has 1 heterocycles. The second-order valence-electron chi connectivity index (χ2n) is 13.0. The number of carbonyl (C=O) groups is 4. The van der Waals surface area contributed by atoms with Crippen LogP contribution in [-0.2, 0) is 42.9 Å². The van der Waals surface area contributed by atoms with Crippen molar-refractivity contribution in [1.29, 1.82) is 0 Å². The first-order valence-corrected chi connectivity index (χ1v) is 15.4. The number of fused-ring (bicyclic) bond motifs is 1. The van der Waals surface area contributed by atoms with Gasteiger partial charge in [-0.1, -0.05) is 57.0 Å². The molecule has 0 unspecified atom stereocenters. The predicted octanol–water partition coefficient (Wildman–Crippen LogP) is 5.58. The van der Waals surface area contributed by atoms with Crippen molar-refractivity contribution in [3.05, 3.63) is 42.0 Å². The highest BCUT2D eigenvalue weighted by Gasteiger charge is 2.78. The maximum atomic E-state index is 13.5. The number of esters is 4. The number of hydrogen-bond acceptors (Lipinski definition) is 9. The summed E-state index contributed by atoms with van der Waals surface area (Å²) in [7, 11) is 0. The summed E-state index contributed by atoms with van der Waals surface area (Å²) in [5, 5.41) is 0. The summed E-state index contributed by atoms with van der Waals surface area (Å²) in [6.45, 7) is 12.4. The Kier molecular flexibility index (Phi) is 9.74. The average Bonchev–Trinajstić information content (AvgIpc) is 3.20. The van der Waals surface area contributed by atoms with Gasteiger partial charge in [-0.3, -0.25) is 14.4 Å². The van der Waals surface area contributed by atoms with Crippen LogP contribution in [0.2, 0.25) is 0 Å². The van der Waals surface area contributed by atoms with E-state index >= 15 is 0 Å². The van der Waals surface area contributed by atoms with Gasteiger partial charge in [0.05, 0.1) is 16.6 Å². The highest BCUT2D eigenvalue weighted by Crippen LogP contribution is 2.67. The second-order valence-corrected chi connectivity index (χ2v) is 13.0. The van der Waals surface area contributed by atoms with E-state index in [0.717, 1.165) is 18.4 Å². The molecule has 0 N–H and O–H groups in total. The Morgan fingerprint density at radius 3 is 2.23 bits per heavy atom. The number of ether oxygens (including phenoxy) is 5. The summed E-state index contributed by atoms with van der Waals surface area (Å²) < 4.78 is 31.2. The summed E-state index contributed by atoms with van der Waals surface area (Å²) in [5.74, 6) is -2.61. The van der Waals surface area contributed by atoms with Gasteiger partial charge in [0.2, 0.25) is 0 Å². The lowest BCUT2D eigenvalue weighted by atomic mass is 9.49. The van der Waals surface area contributed by atoms with Crippen molar-refractivity contribution in [2.75, 3.05) is 0 Å². The molecular formula is C34H46O9. The molecule has 1 spiro atoms. The van der Waals surface area contributed by atoms with Crippen LogP contribution in [-0.4, -0.2) is 59.5 Å². The molecule has 1 aromatic rings. The van der Waals surface area contributed by atoms with Gasteiger partial charge >= 0.3 is 23.9 Å². The van der Waals surface area contributed by atoms with Crippen LogP contribution < -0.4 is 0 Å². The van der Waals surface area contributed by atoms with Crippen molar-refractivity contribution >= 4 is 30.0 Å². The molecule has 2 bridgehead atoms. The van der Waals surface area contributed by atoms with Crippen LogP contribution in [0.15, 0.2) is 36.4 Å². The SMILES string of the molecule is CCCCCC(=O)O[C@H]1C[C@@H](C)[C@@]23C[C@@H]([C@@H](OC(C)=O)[C@@H](OC(=O)C=Cc4ccccc4)[C@]2(C)[C@H]1OC(C)=O)C(C)(C)O3. The quantitative estimate of drug-likeness (QED) is 0.147. The van der Waals surface area contributed by atoms with E-state index in [4.69, 9.17) is 23.7 Å². The minimum atomic E-state index is -1.24. The molecule has 8 atom stereocenters. The first-order valence-electron chi connectivity index (χ1n) is 15.4. The molecule has 1 aromatic carbocycles. The van der Waals surface area contributed by atoms with Crippen LogP contribution in [0.1, 0.15) is 92.6 Å². The maximum absolute atomic E-state index is 13.5. The van der Waals surface area contributed by atoms with Gasteiger partial charge in [-0.05, 0) is 57.6 Å². The lowest BCUT2D eigenvalue weighted by Gasteiger charge is -2.62. The number of benzene rings is 1. The fourth-order valence-electron chi connectivity index (χ4n) is 7.73. The molecule has 3 aliphatic rings. The van der Waals surface area contributed by atoms with Crippen LogP contribution >= 0.6 is 0 Å². The van der Waals surface area contributed by atoms with Gasteiger partial charge in [0.25, 0.3) is 0 Å². The molecule has 2 aliphatic carbocycles. The monoisotopic (exact) mass is 598 g/mol. The normalized spacial score (nSPS) is 34.2. The van der Waals surface area contributed by atoms with Crippen LogP contribution in [0.4, 0.5) is 0 Å². The summed E-state index contributed by atoms with van der Waals surface area (Å²) in [4.78, 5) is 51.6. The third kappa shape index (κ3) is 6.37. The molecule has 9 heteroatoms. The smallest absolute Gasteiger partial charge is 0.331 e. The molecule has 236 valence electrons. The summed E-state index contributed by atoms with van der Waals surface area (Å²) in [6.07, 6.45) is 2.84. The Morgan fingerprint density at radius 1 is 0.930 bits per heavy atom. The largest absolute Gasteiger partial charge is 0.458 e. The van der Waals surface area contributed by atoms with E-state index in [0.29, 0.717) is 19.3 Å². The molecular weight excluding hydrogens is 552 g/mol. The van der Waals surface area contributed by atoms with Crippen molar-refractivity contribution < 1.29 is 42.9 Å². The molecule has 0 amide bonds. The molecule has 1 aliphatic heterocycles. The maximum Gasteiger partial charge on any atom is 0.331 e. The molecule has 4 rings (SSSR count). The summed E-state index contributed by atoms with van der Waals surface area (Å²) >= 11 is 0. The highest BCUT2D eigenvalue weighted by molar-refractivity contribution is 5.87. The molecule has 3 fully saturated rings. The molecule has 2 saturated carbocycles. The minimum Gasteiger partial charge on any atom is -0.458 e. The Morgan fingerprint density at radius 2 is 1.60 bits per heavy atom. The fraction of sp³-hybridized carbons (Fsp3) is 0.647. The van der Waals surface area contributed by atoms with E-state index in [1.54, 1.807) is 6.08 Å². The van der Waals surface area contributed by atoms with E-state index < -0.39 is 58.9 Å². The van der Waals surface area contributed by atoms with Gasteiger partial charge in [0.1, 0.15) is 12.2 Å². The Bertz CT molecular complexity index is 1220. The number of carbonyl (C=O) groups excluding carboxylic acids is 4. The van der Waals surface area contributed by atoms with Gasteiger partial charge in [-0.15, -0.1) is 0 Å². The standard InChI is InChI=1S/C34H46O9/c1-8-9-11-16-27(37)41-26-19-21(2)34-20-25(32(5,6)43-34)29(39-22(3)35)31(33(34,7)30(26)40-23(4)36)42-28(38)18-17-24-14-12-10-13-15-24/h10,12-15,17-18,21,25-26,29-31H,8-9,11,16,19-20H2,1-7H3/t21-,25+,26+,29-,30+,31-,33+,34+/m1/s1. The van der Waals surface area contributed by atoms with Crippen molar-refractivity contribution in [3.8, 4) is 0 Å². The first-order chi connectivity index (χ1) is 20.2. The van der Waals surface area contributed by atoms with Crippen molar-refractivity contribution in [1.82, 2.24) is 0 Å². The number of rotatable bonds is 10. The van der Waals surface area contributed by atoms with Gasteiger partial charge in [0.15, 0.2) is 12.2 Å². The van der Waals surface area contributed by atoms with Gasteiger partial charge in [-0.25, -0.2) is 4.79 Å². The van der Waals surface area contributed by atoms with Crippen molar-refractivity contribution in [3.63, 3.8) is 0 Å². The number of hydrogen-bond donors (Lipinski definition) is 0. The van der Waals surface area contributed by atoms with Crippen LogP contribution in [0, 0.1) is 17.3 Å². The zero-order valence-corrected chi connectivity index (χ0v) is 26.4. The summed E-state index contributed by atoms with van der Waals surface area (Å²) in [5.41, 5.74) is -2.13. The Balaban J connectivity index is 1.80. The fourth-order valence-corrected chi connectivity index (χ4v) is 7.73. The molecule has 43 heavy (non-hydrogen) atoms. The molecule has 9 nitrogen and oxygen atoms in total. The van der Waals surface area contributed by atoms with Crippen LogP contribution in [0.5, 0.6) is 0 Å². The molecule has 1 saturated heterocycles. The third-order valence-electron chi connectivity index (χ3n) is 9.69. The topological polar surface area (TPSA) is 114 Å². The lowest BCUT2D eigenvalue weighted by molar-refractivity contribution is -0.294. The second kappa shape index (κ2) is 12.8. The Labute approximate surface area is 254 Å². The van der Waals surface area contributed by atoms with Crippen LogP contribution in [0.25, 0.3) is 6.08 Å². The van der Waals surface area contributed by atoms with E-state index in [1.807, 2.05) is 58.0 Å². The van der Waals surface area contributed by atoms with Crippen molar-refractivity contribution in [2.24, 2.45) is 17.3 Å². The molecule has 0 aromatic heterocycles. The minimum absolute atomic E-state index is 0.179. The Hall–Kier alpha value is -3.20. The zero-order valence-electron chi connectivity index (χ0n) is 26.4. The van der Waals surface area contributed by atoms with Crippen LogP contribution in [0.3, 0.4) is 0 Å². The van der Waals surface area contributed by atoms with E-state index in [2.05, 4.69) is 6.92 Å². The first kappa shape index (κ1) is 32.7. The van der Waals surface area contributed by atoms with Gasteiger partial charge < -0.3 is 23.7 Å². The van der Waals surface area contributed by atoms with Gasteiger partial charge in [-0.2, -0.15) is 0 Å². The third-order valence-corrected chi connectivity index (χ3v) is 9.69. The number of unbranched alkanes of at least 4 members (excludes halogenated alkanes) is 2.